The normalized spacial score (nSPS) is 17.3. The smallest absolute Gasteiger partial charge is 0.223 e. The van der Waals surface area contributed by atoms with Crippen molar-refractivity contribution in [3.05, 3.63) is 23.8 Å². The molecule has 1 aliphatic heterocycles. The van der Waals surface area contributed by atoms with Crippen LogP contribution >= 0.6 is 0 Å². The van der Waals surface area contributed by atoms with Crippen molar-refractivity contribution in [3.63, 3.8) is 0 Å². The second kappa shape index (κ2) is 9.41. The fourth-order valence-corrected chi connectivity index (χ4v) is 4.02. The highest BCUT2D eigenvalue weighted by molar-refractivity contribution is 7.88. The quantitative estimate of drug-likeness (QED) is 0.726. The third-order valence-electron chi connectivity index (χ3n) is 4.80. The molecule has 1 heterocycles. The molecule has 0 aromatic heterocycles. The van der Waals surface area contributed by atoms with Crippen molar-refractivity contribution >= 4 is 15.9 Å². The van der Waals surface area contributed by atoms with E-state index in [2.05, 4.69) is 5.32 Å². The Balaban J connectivity index is 1.96. The van der Waals surface area contributed by atoms with Gasteiger partial charge in [0.15, 0.2) is 11.5 Å². The van der Waals surface area contributed by atoms with Gasteiger partial charge in [0.2, 0.25) is 15.9 Å². The maximum absolute atomic E-state index is 12.6. The van der Waals surface area contributed by atoms with Crippen molar-refractivity contribution in [1.82, 2.24) is 9.62 Å². The Kier molecular flexibility index (Phi) is 7.49. The van der Waals surface area contributed by atoms with Crippen LogP contribution in [0.3, 0.4) is 0 Å². The number of hydrogen-bond donors (Lipinski definition) is 1. The highest BCUT2D eigenvalue weighted by atomic mass is 32.2. The fraction of sp³-hybridized carbons (Fsp3) is 0.632. The van der Waals surface area contributed by atoms with Crippen molar-refractivity contribution in [1.29, 1.82) is 0 Å². The number of carbonyl (C=O) groups excluding carboxylic acids is 1. The summed E-state index contributed by atoms with van der Waals surface area (Å²) in [5.74, 6) is 1.12. The summed E-state index contributed by atoms with van der Waals surface area (Å²) in [5, 5.41) is 3.03. The molecule has 0 aliphatic carbocycles. The van der Waals surface area contributed by atoms with E-state index in [1.54, 1.807) is 7.11 Å². The fourth-order valence-electron chi connectivity index (χ4n) is 3.15. The number of rotatable bonds is 8. The number of ether oxygens (including phenoxy) is 2. The average molecular weight is 399 g/mol. The second-order valence-corrected chi connectivity index (χ2v) is 8.91. The zero-order valence-corrected chi connectivity index (χ0v) is 17.3. The Bertz CT molecular complexity index is 742. The van der Waals surface area contributed by atoms with Gasteiger partial charge in [-0.15, -0.1) is 0 Å². The van der Waals surface area contributed by atoms with Gasteiger partial charge >= 0.3 is 0 Å². The third-order valence-corrected chi connectivity index (χ3v) is 6.11. The lowest BCUT2D eigenvalue weighted by molar-refractivity contribution is -0.126. The van der Waals surface area contributed by atoms with Gasteiger partial charge in [0, 0.05) is 19.0 Å². The van der Waals surface area contributed by atoms with E-state index < -0.39 is 10.0 Å². The van der Waals surface area contributed by atoms with Gasteiger partial charge in [-0.25, -0.2) is 12.7 Å². The van der Waals surface area contributed by atoms with E-state index in [1.807, 2.05) is 32.0 Å². The van der Waals surface area contributed by atoms with Crippen LogP contribution in [0.4, 0.5) is 0 Å². The maximum Gasteiger partial charge on any atom is 0.223 e. The zero-order valence-electron chi connectivity index (χ0n) is 16.5. The molecule has 1 aromatic rings. The largest absolute Gasteiger partial charge is 0.493 e. The molecule has 0 radical (unpaired) electrons. The lowest BCUT2D eigenvalue weighted by Crippen LogP contribution is -2.43. The number of carbonyl (C=O) groups is 1. The van der Waals surface area contributed by atoms with Crippen LogP contribution < -0.4 is 14.8 Å². The molecule has 8 heteroatoms. The van der Waals surface area contributed by atoms with Crippen molar-refractivity contribution < 1.29 is 22.7 Å². The predicted octanol–water partition coefficient (Wildman–Crippen LogP) is 2.33. The minimum Gasteiger partial charge on any atom is -0.493 e. The Labute approximate surface area is 162 Å². The lowest BCUT2D eigenvalue weighted by Gasteiger charge is -2.30. The number of nitrogens with zero attached hydrogens (tertiary/aromatic N) is 1. The summed E-state index contributed by atoms with van der Waals surface area (Å²) in [6.07, 6.45) is 3.20. The van der Waals surface area contributed by atoms with E-state index in [-0.39, 0.29) is 17.9 Å². The number of nitrogens with one attached hydrogen (secondary N) is 1. The molecule has 27 heavy (non-hydrogen) atoms. The van der Waals surface area contributed by atoms with E-state index in [9.17, 15) is 13.2 Å². The Hall–Kier alpha value is -1.80. The minimum absolute atomic E-state index is 0.0408. The van der Waals surface area contributed by atoms with Gasteiger partial charge in [-0.1, -0.05) is 13.0 Å². The molecule has 7 nitrogen and oxygen atoms in total. The van der Waals surface area contributed by atoms with Gasteiger partial charge in [-0.05, 0) is 43.9 Å². The third kappa shape index (κ3) is 5.84. The molecule has 1 fully saturated rings. The Morgan fingerprint density at radius 2 is 1.96 bits per heavy atom. The van der Waals surface area contributed by atoms with Gasteiger partial charge in [0.25, 0.3) is 0 Å². The van der Waals surface area contributed by atoms with E-state index in [1.165, 1.54) is 10.6 Å². The number of benzene rings is 1. The van der Waals surface area contributed by atoms with Crippen molar-refractivity contribution in [2.75, 3.05) is 33.1 Å². The monoisotopic (exact) mass is 398 g/mol. The van der Waals surface area contributed by atoms with E-state index in [0.717, 1.165) is 12.0 Å². The number of sulfonamides is 1. The molecule has 1 aromatic carbocycles. The summed E-state index contributed by atoms with van der Waals surface area (Å²) >= 11 is 0. The van der Waals surface area contributed by atoms with Crippen molar-refractivity contribution in [2.24, 2.45) is 5.92 Å². The van der Waals surface area contributed by atoms with Crippen molar-refractivity contribution in [2.45, 2.75) is 39.2 Å². The molecule has 1 N–H and O–H groups in total. The van der Waals surface area contributed by atoms with Crippen LogP contribution in [-0.2, 0) is 14.8 Å². The van der Waals surface area contributed by atoms with Crippen LogP contribution in [0, 0.1) is 5.92 Å². The summed E-state index contributed by atoms with van der Waals surface area (Å²) < 4.78 is 35.7. The Morgan fingerprint density at radius 1 is 1.30 bits per heavy atom. The molecule has 0 spiro atoms. The first-order valence-electron chi connectivity index (χ1n) is 9.32. The molecule has 0 saturated carbocycles. The lowest BCUT2D eigenvalue weighted by atomic mass is 9.96. The zero-order chi connectivity index (χ0) is 20.0. The molecule has 1 unspecified atom stereocenters. The summed E-state index contributed by atoms with van der Waals surface area (Å²) in [5.41, 5.74) is 0.928. The SMILES string of the molecule is CCCOc1ccc(C(C)NC(=O)C2CCN(S(C)(=O)=O)CC2)cc1OC. The van der Waals surface area contributed by atoms with Crippen LogP contribution in [0.15, 0.2) is 18.2 Å². The summed E-state index contributed by atoms with van der Waals surface area (Å²) in [6.45, 7) is 5.36. The number of hydrogen-bond acceptors (Lipinski definition) is 5. The van der Waals surface area contributed by atoms with Gasteiger partial charge in [-0.3, -0.25) is 4.79 Å². The molecule has 2 rings (SSSR count). The highest BCUT2D eigenvalue weighted by Gasteiger charge is 2.29. The highest BCUT2D eigenvalue weighted by Crippen LogP contribution is 2.30. The maximum atomic E-state index is 12.6. The molecular weight excluding hydrogens is 368 g/mol. The van der Waals surface area contributed by atoms with E-state index in [4.69, 9.17) is 9.47 Å². The molecule has 1 amide bonds. The number of methoxy groups -OCH3 is 1. The minimum atomic E-state index is -3.18. The van der Waals surface area contributed by atoms with Crippen molar-refractivity contribution in [3.8, 4) is 11.5 Å². The molecule has 1 atom stereocenters. The van der Waals surface area contributed by atoms with Gasteiger partial charge in [0.1, 0.15) is 0 Å². The second-order valence-electron chi connectivity index (χ2n) is 6.93. The first kappa shape index (κ1) is 21.5. The van der Waals surface area contributed by atoms with Crippen LogP contribution in [-0.4, -0.2) is 51.7 Å². The topological polar surface area (TPSA) is 84.9 Å². The van der Waals surface area contributed by atoms with Crippen LogP contribution in [0.25, 0.3) is 0 Å². The molecule has 0 bridgehead atoms. The van der Waals surface area contributed by atoms with Crippen LogP contribution in [0.2, 0.25) is 0 Å². The van der Waals surface area contributed by atoms with E-state index in [0.29, 0.717) is 44.0 Å². The summed E-state index contributed by atoms with van der Waals surface area (Å²) in [6, 6.07) is 5.48. The average Bonchev–Trinajstić information content (AvgIpc) is 2.65. The van der Waals surface area contributed by atoms with Gasteiger partial charge < -0.3 is 14.8 Å². The van der Waals surface area contributed by atoms with E-state index >= 15 is 0 Å². The summed E-state index contributed by atoms with van der Waals surface area (Å²) in [4.78, 5) is 12.6. The van der Waals surface area contributed by atoms with Crippen LogP contribution in [0.5, 0.6) is 11.5 Å². The summed E-state index contributed by atoms with van der Waals surface area (Å²) in [7, 11) is -1.59. The first-order chi connectivity index (χ1) is 12.8. The number of piperidine rings is 1. The molecule has 1 saturated heterocycles. The molecular formula is C19H30N2O5S. The van der Waals surface area contributed by atoms with Gasteiger partial charge in [0.05, 0.1) is 26.0 Å². The number of amides is 1. The van der Waals surface area contributed by atoms with Crippen LogP contribution in [0.1, 0.15) is 44.7 Å². The predicted molar refractivity (Wildman–Crippen MR) is 104 cm³/mol. The first-order valence-corrected chi connectivity index (χ1v) is 11.2. The van der Waals surface area contributed by atoms with Gasteiger partial charge in [-0.2, -0.15) is 0 Å². The standard InChI is InChI=1S/C19H30N2O5S/c1-5-12-26-17-7-6-16(13-18(17)25-3)14(2)20-19(22)15-8-10-21(11-9-15)27(4,23)24/h6-7,13-15H,5,8-12H2,1-4H3,(H,20,22). The Morgan fingerprint density at radius 3 is 2.52 bits per heavy atom. The molecule has 1 aliphatic rings. The molecule has 152 valence electrons.